The van der Waals surface area contributed by atoms with Crippen LogP contribution in [0.2, 0.25) is 0 Å². The maximum atomic E-state index is 11.3. The summed E-state index contributed by atoms with van der Waals surface area (Å²) in [6.07, 6.45) is 2.63. The molecule has 0 spiro atoms. The first-order chi connectivity index (χ1) is 11.4. The van der Waals surface area contributed by atoms with Crippen LogP contribution in [0.1, 0.15) is 37.5 Å². The van der Waals surface area contributed by atoms with Crippen molar-refractivity contribution in [1.29, 1.82) is 0 Å². The van der Waals surface area contributed by atoms with Gasteiger partial charge < -0.3 is 5.32 Å². The van der Waals surface area contributed by atoms with Gasteiger partial charge in [0.25, 0.3) is 0 Å². The van der Waals surface area contributed by atoms with Gasteiger partial charge in [0, 0.05) is 11.1 Å². The van der Waals surface area contributed by atoms with Gasteiger partial charge in [-0.3, -0.25) is 14.5 Å². The molecule has 2 aromatic rings. The van der Waals surface area contributed by atoms with E-state index < -0.39 is 5.66 Å². The van der Waals surface area contributed by atoms with E-state index in [-0.39, 0.29) is 5.41 Å². The standard InChI is InChI=1S/C13H16N2O2.C7H6/c1-12(2)10-6-4-5-7-11(10)15(9-17)13(12,3)14-8-16;1-2-6-4-7(3-1)5-6/h4-9H,1-3H3,(H,14,16);1-4H,5H2. The van der Waals surface area contributed by atoms with Crippen LogP contribution in [-0.2, 0) is 21.4 Å². The molecule has 4 heteroatoms. The Bertz CT molecular complexity index is 760. The average Bonchev–Trinajstić information content (AvgIpc) is 2.73. The minimum atomic E-state index is -0.736. The van der Waals surface area contributed by atoms with E-state index in [0.29, 0.717) is 6.41 Å². The zero-order valence-electron chi connectivity index (χ0n) is 14.2. The van der Waals surface area contributed by atoms with E-state index in [0.717, 1.165) is 17.7 Å². The number of anilines is 1. The first kappa shape index (κ1) is 16.2. The number of amides is 2. The molecule has 2 bridgehead atoms. The summed E-state index contributed by atoms with van der Waals surface area (Å²) in [5, 5.41) is 2.77. The Morgan fingerprint density at radius 2 is 1.62 bits per heavy atom. The van der Waals surface area contributed by atoms with E-state index >= 15 is 0 Å². The maximum absolute atomic E-state index is 11.3. The van der Waals surface area contributed by atoms with E-state index in [1.807, 2.05) is 45.0 Å². The fraction of sp³-hybridized carbons (Fsp3) is 0.300. The van der Waals surface area contributed by atoms with Crippen LogP contribution in [0.4, 0.5) is 5.69 Å². The lowest BCUT2D eigenvalue weighted by molar-refractivity contribution is -0.113. The number of fused-ring (bicyclic) bond motifs is 3. The van der Waals surface area contributed by atoms with E-state index in [1.165, 1.54) is 17.5 Å². The Labute approximate surface area is 142 Å². The maximum Gasteiger partial charge on any atom is 0.216 e. The van der Waals surface area contributed by atoms with E-state index in [4.69, 9.17) is 0 Å². The lowest BCUT2D eigenvalue weighted by Crippen LogP contribution is -2.62. The number of carbonyl (C=O) groups excluding carboxylic acids is 2. The number of hydrogen-bond acceptors (Lipinski definition) is 2. The second-order valence-electron chi connectivity index (χ2n) is 6.95. The van der Waals surface area contributed by atoms with Crippen molar-refractivity contribution in [1.82, 2.24) is 5.32 Å². The lowest BCUT2D eigenvalue weighted by Gasteiger charge is -2.42. The molecule has 1 aliphatic heterocycles. The Balaban J connectivity index is 0.000000198. The molecule has 0 aromatic heterocycles. The molecule has 2 aliphatic carbocycles. The van der Waals surface area contributed by atoms with Crippen molar-refractivity contribution in [3.8, 4) is 0 Å². The third-order valence-electron chi connectivity index (χ3n) is 5.38. The third kappa shape index (κ3) is 2.30. The third-order valence-corrected chi connectivity index (χ3v) is 5.38. The quantitative estimate of drug-likeness (QED) is 0.754. The molecule has 5 rings (SSSR count). The summed E-state index contributed by atoms with van der Waals surface area (Å²) in [4.78, 5) is 23.7. The van der Waals surface area contributed by atoms with E-state index in [1.54, 1.807) is 4.90 Å². The molecule has 1 unspecified atom stereocenters. The number of benzene rings is 2. The van der Waals surface area contributed by atoms with Crippen molar-refractivity contribution < 1.29 is 9.59 Å². The molecular weight excluding hydrogens is 300 g/mol. The molecule has 124 valence electrons. The van der Waals surface area contributed by atoms with Crippen molar-refractivity contribution in [3.05, 3.63) is 65.2 Å². The summed E-state index contributed by atoms with van der Waals surface area (Å²) >= 11 is 0. The van der Waals surface area contributed by atoms with Gasteiger partial charge in [-0.05, 0) is 36.1 Å². The number of carbonyl (C=O) groups is 2. The number of rotatable bonds is 3. The predicted molar refractivity (Wildman–Crippen MR) is 94.9 cm³/mol. The van der Waals surface area contributed by atoms with Crippen LogP contribution in [0.3, 0.4) is 0 Å². The zero-order chi connectivity index (χ0) is 17.4. The minimum absolute atomic E-state index is 0.342. The van der Waals surface area contributed by atoms with Gasteiger partial charge in [-0.15, -0.1) is 0 Å². The van der Waals surface area contributed by atoms with Crippen molar-refractivity contribution in [2.24, 2.45) is 0 Å². The second-order valence-corrected chi connectivity index (χ2v) is 6.95. The molecule has 2 amide bonds. The van der Waals surface area contributed by atoms with Crippen LogP contribution in [0.15, 0.2) is 48.5 Å². The van der Waals surface area contributed by atoms with Gasteiger partial charge in [0.05, 0.1) is 0 Å². The molecule has 2 aromatic carbocycles. The summed E-state index contributed by atoms with van der Waals surface area (Å²) < 4.78 is 0. The molecule has 0 saturated carbocycles. The van der Waals surface area contributed by atoms with E-state index in [2.05, 4.69) is 29.6 Å². The van der Waals surface area contributed by atoms with Gasteiger partial charge in [0.1, 0.15) is 5.66 Å². The van der Waals surface area contributed by atoms with Gasteiger partial charge >= 0.3 is 0 Å². The minimum Gasteiger partial charge on any atom is -0.335 e. The molecule has 24 heavy (non-hydrogen) atoms. The van der Waals surface area contributed by atoms with Gasteiger partial charge in [-0.2, -0.15) is 0 Å². The highest BCUT2D eigenvalue weighted by Crippen LogP contribution is 2.49. The summed E-state index contributed by atoms with van der Waals surface area (Å²) in [5.41, 5.74) is 3.80. The predicted octanol–water partition coefficient (Wildman–Crippen LogP) is 2.99. The van der Waals surface area contributed by atoms with Crippen LogP contribution in [-0.4, -0.2) is 18.5 Å². The van der Waals surface area contributed by atoms with Crippen LogP contribution < -0.4 is 10.2 Å². The highest BCUT2D eigenvalue weighted by atomic mass is 16.1. The van der Waals surface area contributed by atoms with Crippen molar-refractivity contribution in [3.63, 3.8) is 0 Å². The lowest BCUT2D eigenvalue weighted by atomic mass is 9.76. The summed E-state index contributed by atoms with van der Waals surface area (Å²) in [6, 6.07) is 16.4. The topological polar surface area (TPSA) is 49.4 Å². The Morgan fingerprint density at radius 1 is 1.00 bits per heavy atom. The molecular formula is C20H22N2O2. The van der Waals surface area contributed by atoms with Gasteiger partial charge in [0.15, 0.2) is 0 Å². The monoisotopic (exact) mass is 322 g/mol. The summed E-state index contributed by atoms with van der Waals surface area (Å²) in [6.45, 7) is 5.90. The van der Waals surface area contributed by atoms with Crippen LogP contribution in [0.5, 0.6) is 0 Å². The van der Waals surface area contributed by atoms with Gasteiger partial charge in [-0.1, -0.05) is 56.3 Å². The zero-order valence-corrected chi connectivity index (χ0v) is 14.2. The van der Waals surface area contributed by atoms with Crippen molar-refractivity contribution in [2.45, 2.75) is 38.3 Å². The van der Waals surface area contributed by atoms with Gasteiger partial charge in [-0.25, -0.2) is 0 Å². The molecule has 0 radical (unpaired) electrons. The SMILES string of the molecule is CC1(C)c2ccccc2N(C=O)C1(C)NC=O.c1cc2cc(c1)C2. The number of nitrogens with zero attached hydrogens (tertiary/aromatic N) is 1. The molecule has 0 fully saturated rings. The highest BCUT2D eigenvalue weighted by molar-refractivity contribution is 5.85. The summed E-state index contributed by atoms with van der Waals surface area (Å²) in [7, 11) is 0. The number of nitrogens with one attached hydrogen (secondary N) is 1. The second kappa shape index (κ2) is 5.78. The molecule has 4 nitrogen and oxygen atoms in total. The Kier molecular flexibility index (Phi) is 3.91. The summed E-state index contributed by atoms with van der Waals surface area (Å²) in [5.74, 6) is 0. The van der Waals surface area contributed by atoms with Gasteiger partial charge in [0.2, 0.25) is 12.8 Å². The smallest absolute Gasteiger partial charge is 0.216 e. The first-order valence-electron chi connectivity index (χ1n) is 8.07. The molecule has 1 atom stereocenters. The average molecular weight is 322 g/mol. The highest BCUT2D eigenvalue weighted by Gasteiger charge is 2.53. The molecule has 1 heterocycles. The fourth-order valence-corrected chi connectivity index (χ4v) is 3.50. The normalized spacial score (nSPS) is 21.7. The Morgan fingerprint density at radius 3 is 2.08 bits per heavy atom. The largest absolute Gasteiger partial charge is 0.335 e. The van der Waals surface area contributed by atoms with E-state index in [9.17, 15) is 9.59 Å². The van der Waals surface area contributed by atoms with Crippen molar-refractivity contribution >= 4 is 18.5 Å². The molecule has 0 saturated heterocycles. The van der Waals surface area contributed by atoms with Crippen LogP contribution in [0, 0.1) is 0 Å². The number of para-hydroxylation sites is 1. The van der Waals surface area contributed by atoms with Crippen LogP contribution in [0.25, 0.3) is 0 Å². The molecule has 3 aliphatic rings. The first-order valence-corrected chi connectivity index (χ1v) is 8.07. The number of hydrogen-bond donors (Lipinski definition) is 1. The van der Waals surface area contributed by atoms with Crippen molar-refractivity contribution in [2.75, 3.05) is 4.90 Å². The van der Waals surface area contributed by atoms with Crippen LogP contribution >= 0.6 is 0 Å². The Hall–Kier alpha value is -2.62. The fourth-order valence-electron chi connectivity index (χ4n) is 3.50. The molecule has 1 N–H and O–H groups in total.